The normalized spacial score (nSPS) is 27.0. The number of ether oxygens (including phenoxy) is 4. The first-order valence-electron chi connectivity index (χ1n) is 7.13. The molecule has 110 valence electrons. The van der Waals surface area contributed by atoms with Crippen LogP contribution in [0.25, 0.3) is 0 Å². The van der Waals surface area contributed by atoms with Crippen molar-refractivity contribution in [2.24, 2.45) is 5.92 Å². The number of methoxy groups -OCH3 is 2. The highest BCUT2D eigenvalue weighted by molar-refractivity contribution is 5.53. The lowest BCUT2D eigenvalue weighted by Gasteiger charge is -2.47. The van der Waals surface area contributed by atoms with Crippen molar-refractivity contribution in [1.82, 2.24) is 0 Å². The van der Waals surface area contributed by atoms with E-state index in [9.17, 15) is 0 Å². The van der Waals surface area contributed by atoms with Gasteiger partial charge in [0.05, 0.1) is 20.3 Å². The first-order valence-corrected chi connectivity index (χ1v) is 7.13. The molecule has 20 heavy (non-hydrogen) atoms. The summed E-state index contributed by atoms with van der Waals surface area (Å²) in [6.07, 6.45) is 2.31. The van der Waals surface area contributed by atoms with Crippen molar-refractivity contribution >= 4 is 0 Å². The lowest BCUT2D eigenvalue weighted by atomic mass is 9.76. The molecule has 0 radical (unpaired) electrons. The average molecular weight is 278 g/mol. The van der Waals surface area contributed by atoms with Crippen molar-refractivity contribution in [1.29, 1.82) is 0 Å². The van der Waals surface area contributed by atoms with E-state index in [1.807, 2.05) is 12.1 Å². The van der Waals surface area contributed by atoms with Gasteiger partial charge in [-0.3, -0.25) is 0 Å². The molecule has 1 aromatic carbocycles. The molecule has 2 aliphatic rings. The maximum Gasteiger partial charge on any atom is 0.164 e. The van der Waals surface area contributed by atoms with E-state index >= 15 is 0 Å². The van der Waals surface area contributed by atoms with Gasteiger partial charge in [0.25, 0.3) is 0 Å². The van der Waals surface area contributed by atoms with Crippen molar-refractivity contribution < 1.29 is 18.9 Å². The molecule has 2 atom stereocenters. The number of hydrogen-bond acceptors (Lipinski definition) is 4. The number of hydrogen-bond donors (Lipinski definition) is 0. The van der Waals surface area contributed by atoms with Crippen molar-refractivity contribution in [2.45, 2.75) is 38.4 Å². The summed E-state index contributed by atoms with van der Waals surface area (Å²) in [4.78, 5) is 0. The van der Waals surface area contributed by atoms with Gasteiger partial charge in [-0.15, -0.1) is 0 Å². The predicted molar refractivity (Wildman–Crippen MR) is 75.7 cm³/mol. The van der Waals surface area contributed by atoms with Crippen LogP contribution in [0.5, 0.6) is 17.2 Å². The Kier molecular flexibility index (Phi) is 3.28. The van der Waals surface area contributed by atoms with Gasteiger partial charge in [0.1, 0.15) is 11.4 Å². The molecule has 4 nitrogen and oxygen atoms in total. The van der Waals surface area contributed by atoms with Gasteiger partial charge in [-0.2, -0.15) is 0 Å². The van der Waals surface area contributed by atoms with Crippen molar-refractivity contribution in [2.75, 3.05) is 20.8 Å². The van der Waals surface area contributed by atoms with Gasteiger partial charge >= 0.3 is 0 Å². The van der Waals surface area contributed by atoms with Crippen LogP contribution in [0.3, 0.4) is 0 Å². The van der Waals surface area contributed by atoms with E-state index < -0.39 is 0 Å². The number of benzene rings is 1. The zero-order valence-electron chi connectivity index (χ0n) is 12.6. The fourth-order valence-corrected chi connectivity index (χ4v) is 3.35. The smallest absolute Gasteiger partial charge is 0.164 e. The fraction of sp³-hybridized carbons (Fsp3) is 0.625. The second-order valence-electron chi connectivity index (χ2n) is 5.99. The van der Waals surface area contributed by atoms with Crippen LogP contribution in [0, 0.1) is 5.92 Å². The first kappa shape index (κ1) is 13.6. The summed E-state index contributed by atoms with van der Waals surface area (Å²) < 4.78 is 23.0. The van der Waals surface area contributed by atoms with E-state index in [1.54, 1.807) is 14.2 Å². The van der Waals surface area contributed by atoms with Crippen LogP contribution in [-0.4, -0.2) is 26.4 Å². The maximum atomic E-state index is 6.22. The minimum Gasteiger partial charge on any atom is -0.493 e. The standard InChI is InChI=1S/C16H22O4/c1-16(2)11-6-5-7-19-15(11)10-8-13(17-3)14(18-4)9-12(10)20-16/h8-9,11,15H,5-7H2,1-4H3. The second kappa shape index (κ2) is 4.85. The van der Waals surface area contributed by atoms with Crippen molar-refractivity contribution in [3.63, 3.8) is 0 Å². The van der Waals surface area contributed by atoms with Gasteiger partial charge in [0.15, 0.2) is 11.5 Å². The highest BCUT2D eigenvalue weighted by atomic mass is 16.5. The molecule has 1 fully saturated rings. The van der Waals surface area contributed by atoms with Crippen LogP contribution in [0.1, 0.15) is 38.4 Å². The van der Waals surface area contributed by atoms with Crippen molar-refractivity contribution in [3.8, 4) is 17.2 Å². The number of fused-ring (bicyclic) bond motifs is 3. The van der Waals surface area contributed by atoms with Crippen LogP contribution in [0.15, 0.2) is 12.1 Å². The monoisotopic (exact) mass is 278 g/mol. The third-order valence-electron chi connectivity index (χ3n) is 4.41. The summed E-state index contributed by atoms with van der Waals surface area (Å²) >= 11 is 0. The third-order valence-corrected chi connectivity index (χ3v) is 4.41. The lowest BCUT2D eigenvalue weighted by molar-refractivity contribution is -0.116. The molecule has 0 spiro atoms. The zero-order valence-corrected chi connectivity index (χ0v) is 12.6. The molecule has 2 unspecified atom stereocenters. The molecule has 0 aliphatic carbocycles. The molecule has 3 rings (SSSR count). The second-order valence-corrected chi connectivity index (χ2v) is 5.99. The van der Waals surface area contributed by atoms with Gasteiger partial charge in [-0.1, -0.05) is 0 Å². The molecule has 0 bridgehead atoms. The number of rotatable bonds is 2. The summed E-state index contributed by atoms with van der Waals surface area (Å²) in [6, 6.07) is 3.90. The van der Waals surface area contributed by atoms with E-state index in [0.717, 1.165) is 36.5 Å². The molecule has 1 saturated heterocycles. The van der Waals surface area contributed by atoms with Gasteiger partial charge in [0.2, 0.25) is 0 Å². The van der Waals surface area contributed by atoms with Crippen LogP contribution in [0.4, 0.5) is 0 Å². The SMILES string of the molecule is COc1cc2c(cc1OC)C1OCCCC1C(C)(C)O2. The summed E-state index contributed by atoms with van der Waals surface area (Å²) in [5, 5.41) is 0. The largest absolute Gasteiger partial charge is 0.493 e. The van der Waals surface area contributed by atoms with E-state index in [0.29, 0.717) is 11.7 Å². The Morgan fingerprint density at radius 3 is 2.55 bits per heavy atom. The molecular weight excluding hydrogens is 256 g/mol. The third kappa shape index (κ3) is 2.03. The zero-order chi connectivity index (χ0) is 14.3. The summed E-state index contributed by atoms with van der Waals surface area (Å²) in [5.74, 6) is 2.64. The quantitative estimate of drug-likeness (QED) is 0.831. The molecule has 2 heterocycles. The maximum absolute atomic E-state index is 6.22. The Bertz CT molecular complexity index is 509. The highest BCUT2D eigenvalue weighted by Crippen LogP contribution is 2.51. The molecule has 2 aliphatic heterocycles. The van der Waals surface area contributed by atoms with E-state index in [4.69, 9.17) is 18.9 Å². The Balaban J connectivity index is 2.10. The first-order chi connectivity index (χ1) is 9.56. The van der Waals surface area contributed by atoms with Gasteiger partial charge in [0, 0.05) is 24.2 Å². The fourth-order valence-electron chi connectivity index (χ4n) is 3.35. The highest BCUT2D eigenvalue weighted by Gasteiger charge is 2.46. The Hall–Kier alpha value is -1.42. The molecule has 0 N–H and O–H groups in total. The summed E-state index contributed by atoms with van der Waals surface area (Å²) in [5.41, 5.74) is 0.851. The molecule has 0 saturated carbocycles. The van der Waals surface area contributed by atoms with Crippen LogP contribution in [-0.2, 0) is 4.74 Å². The van der Waals surface area contributed by atoms with Crippen molar-refractivity contribution in [3.05, 3.63) is 17.7 Å². The Labute approximate surface area is 120 Å². The molecule has 4 heteroatoms. The van der Waals surface area contributed by atoms with Gasteiger partial charge < -0.3 is 18.9 Å². The Morgan fingerprint density at radius 1 is 1.15 bits per heavy atom. The minimum absolute atomic E-state index is 0.0855. The summed E-state index contributed by atoms with van der Waals surface area (Å²) in [7, 11) is 3.29. The van der Waals surface area contributed by atoms with Gasteiger partial charge in [-0.25, -0.2) is 0 Å². The van der Waals surface area contributed by atoms with Crippen LogP contribution < -0.4 is 14.2 Å². The minimum atomic E-state index is -0.225. The predicted octanol–water partition coefficient (Wildman–Crippen LogP) is 3.34. The molecule has 0 amide bonds. The lowest BCUT2D eigenvalue weighted by Crippen LogP contribution is -2.47. The molecule has 0 aromatic heterocycles. The molecule has 1 aromatic rings. The molecular formula is C16H22O4. The topological polar surface area (TPSA) is 36.9 Å². The van der Waals surface area contributed by atoms with E-state index in [1.165, 1.54) is 0 Å². The summed E-state index contributed by atoms with van der Waals surface area (Å²) in [6.45, 7) is 5.09. The average Bonchev–Trinajstić information content (AvgIpc) is 2.46. The van der Waals surface area contributed by atoms with Gasteiger partial charge in [-0.05, 0) is 32.8 Å². The Morgan fingerprint density at radius 2 is 1.85 bits per heavy atom. The van der Waals surface area contributed by atoms with Crippen LogP contribution in [0.2, 0.25) is 0 Å². The van der Waals surface area contributed by atoms with Crippen LogP contribution >= 0.6 is 0 Å². The van der Waals surface area contributed by atoms with E-state index in [2.05, 4.69) is 13.8 Å². The van der Waals surface area contributed by atoms with E-state index in [-0.39, 0.29) is 11.7 Å².